The summed E-state index contributed by atoms with van der Waals surface area (Å²) in [4.78, 5) is 52.5. The number of hydrogen-bond acceptors (Lipinski definition) is 8. The fraction of sp³-hybridized carbons (Fsp3) is 0.440. The Morgan fingerprint density at radius 2 is 0.810 bits per heavy atom. The molecular formula is C50H62O8. The molecule has 0 radical (unpaired) electrons. The summed E-state index contributed by atoms with van der Waals surface area (Å²) in [6, 6.07) is 14.7. The first-order chi connectivity index (χ1) is 27.0. The highest BCUT2D eigenvalue weighted by atomic mass is 16.6. The highest BCUT2D eigenvalue weighted by Crippen LogP contribution is 2.49. The third-order valence-electron chi connectivity index (χ3n) is 10.1. The van der Waals surface area contributed by atoms with Crippen molar-refractivity contribution in [2.24, 2.45) is 11.8 Å². The Bertz CT molecular complexity index is 2120. The van der Waals surface area contributed by atoms with E-state index in [9.17, 15) is 19.2 Å². The first kappa shape index (κ1) is 45.5. The Kier molecular flexibility index (Phi) is 14.6. The zero-order valence-electron chi connectivity index (χ0n) is 37.0. The van der Waals surface area contributed by atoms with Gasteiger partial charge >= 0.3 is 23.9 Å². The second-order valence-electron chi connectivity index (χ2n) is 17.7. The smallest absolute Gasteiger partial charge is 0.311 e. The molecule has 0 aromatic heterocycles. The van der Waals surface area contributed by atoms with Gasteiger partial charge in [0.05, 0.1) is 12.8 Å². The van der Waals surface area contributed by atoms with Crippen LogP contribution in [0.1, 0.15) is 131 Å². The summed E-state index contributed by atoms with van der Waals surface area (Å²) >= 11 is 0. The molecule has 58 heavy (non-hydrogen) atoms. The van der Waals surface area contributed by atoms with Gasteiger partial charge < -0.3 is 18.9 Å². The first-order valence-electron chi connectivity index (χ1n) is 20.3. The van der Waals surface area contributed by atoms with Crippen molar-refractivity contribution < 1.29 is 38.1 Å². The minimum Gasteiger partial charge on any atom is -0.426 e. The van der Waals surface area contributed by atoms with Crippen molar-refractivity contribution in [2.75, 3.05) is 0 Å². The van der Waals surface area contributed by atoms with Crippen LogP contribution in [0.3, 0.4) is 0 Å². The van der Waals surface area contributed by atoms with Crippen LogP contribution < -0.4 is 18.9 Å². The van der Waals surface area contributed by atoms with Crippen molar-refractivity contribution in [1.82, 2.24) is 0 Å². The van der Waals surface area contributed by atoms with Gasteiger partial charge in [-0.2, -0.15) is 0 Å². The van der Waals surface area contributed by atoms with Crippen LogP contribution in [0.5, 0.6) is 23.0 Å². The monoisotopic (exact) mass is 790 g/mol. The summed E-state index contributed by atoms with van der Waals surface area (Å²) in [5.41, 5.74) is 3.87. The van der Waals surface area contributed by atoms with Crippen LogP contribution in [0.15, 0.2) is 71.8 Å². The molecule has 0 fully saturated rings. The summed E-state index contributed by atoms with van der Waals surface area (Å²) in [7, 11) is 0. The van der Waals surface area contributed by atoms with Gasteiger partial charge in [0.2, 0.25) is 0 Å². The van der Waals surface area contributed by atoms with Gasteiger partial charge in [-0.15, -0.1) is 0 Å². The van der Waals surface area contributed by atoms with Crippen LogP contribution >= 0.6 is 0 Å². The molecule has 4 aromatic carbocycles. The average molecular weight is 791 g/mol. The summed E-state index contributed by atoms with van der Waals surface area (Å²) in [5.74, 6) is 0.306. The second kappa shape index (κ2) is 18.6. The fourth-order valence-electron chi connectivity index (χ4n) is 8.63. The molecule has 8 heteroatoms. The maximum Gasteiger partial charge on any atom is 0.311 e. The standard InChI is InChI=1S/C50H62O8/c1-29(2)25-31(5)27-49(11,12)43-33(7)45(55-35(9)51)37-19-15-17-21-39(37)47(43)57-41(53)23-24-42(54)58-48-40-22-18-16-20-38(40)46(56-36(10)52)34(8)44(48)50(13,14)28-32(6)26-30(3)4/h15-22,27-30H,23-26H2,1-14H3/b31-27+,32-28+. The van der Waals surface area contributed by atoms with Crippen molar-refractivity contribution in [1.29, 1.82) is 0 Å². The topological polar surface area (TPSA) is 105 Å². The van der Waals surface area contributed by atoms with Gasteiger partial charge in [-0.1, -0.05) is 127 Å². The molecule has 0 aliphatic rings. The van der Waals surface area contributed by atoms with Gasteiger partial charge in [0.25, 0.3) is 0 Å². The predicted molar refractivity (Wildman–Crippen MR) is 233 cm³/mol. The molecule has 8 nitrogen and oxygen atoms in total. The van der Waals surface area contributed by atoms with Crippen LogP contribution in [-0.2, 0) is 30.0 Å². The largest absolute Gasteiger partial charge is 0.426 e. The number of hydrogen-bond donors (Lipinski definition) is 0. The Morgan fingerprint density at radius 3 is 1.09 bits per heavy atom. The van der Waals surface area contributed by atoms with Crippen LogP contribution in [0, 0.1) is 25.7 Å². The Hall–Kier alpha value is -5.24. The molecule has 4 rings (SSSR count). The van der Waals surface area contributed by atoms with E-state index in [1.807, 2.05) is 62.4 Å². The molecule has 0 amide bonds. The number of carbonyl (C=O) groups is 4. The maximum atomic E-state index is 13.9. The average Bonchev–Trinajstić information content (AvgIpc) is 3.09. The highest BCUT2D eigenvalue weighted by Gasteiger charge is 2.33. The zero-order chi connectivity index (χ0) is 43.3. The molecule has 0 atom stereocenters. The lowest BCUT2D eigenvalue weighted by Crippen LogP contribution is -2.23. The van der Waals surface area contributed by atoms with Crippen molar-refractivity contribution in [3.63, 3.8) is 0 Å². The predicted octanol–water partition coefficient (Wildman–Crippen LogP) is 12.3. The van der Waals surface area contributed by atoms with E-state index in [1.54, 1.807) is 0 Å². The van der Waals surface area contributed by atoms with Gasteiger partial charge in [-0.3, -0.25) is 19.2 Å². The van der Waals surface area contributed by atoms with Gasteiger partial charge in [0.1, 0.15) is 23.0 Å². The molecule has 0 saturated carbocycles. The quantitative estimate of drug-likeness (QED) is 0.0666. The minimum atomic E-state index is -0.640. The summed E-state index contributed by atoms with van der Waals surface area (Å²) in [6.07, 6.45) is 5.61. The van der Waals surface area contributed by atoms with E-state index in [2.05, 4.69) is 81.4 Å². The molecular weight excluding hydrogens is 729 g/mol. The fourth-order valence-corrected chi connectivity index (χ4v) is 8.63. The molecule has 310 valence electrons. The highest BCUT2D eigenvalue weighted by molar-refractivity contribution is 6.00. The van der Waals surface area contributed by atoms with Gasteiger partial charge in [0.15, 0.2) is 0 Å². The minimum absolute atomic E-state index is 0.255. The van der Waals surface area contributed by atoms with E-state index >= 15 is 0 Å². The molecule has 0 unspecified atom stereocenters. The van der Waals surface area contributed by atoms with Crippen molar-refractivity contribution >= 4 is 45.4 Å². The first-order valence-corrected chi connectivity index (χ1v) is 20.3. The Balaban J connectivity index is 1.77. The van der Waals surface area contributed by atoms with Gasteiger partial charge in [-0.05, 0) is 52.4 Å². The molecule has 0 saturated heterocycles. The Morgan fingerprint density at radius 1 is 0.517 bits per heavy atom. The number of rotatable bonds is 15. The number of carbonyl (C=O) groups excluding carboxylic acids is 4. The van der Waals surface area contributed by atoms with Crippen LogP contribution in [0.2, 0.25) is 0 Å². The van der Waals surface area contributed by atoms with E-state index in [0.29, 0.717) is 78.6 Å². The lowest BCUT2D eigenvalue weighted by Gasteiger charge is -2.30. The molecule has 0 N–H and O–H groups in total. The van der Waals surface area contributed by atoms with E-state index in [-0.39, 0.29) is 12.8 Å². The molecule has 0 aliphatic carbocycles. The van der Waals surface area contributed by atoms with Crippen molar-refractivity contribution in [3.05, 3.63) is 94.1 Å². The SMILES string of the molecule is CC(=O)Oc1c(C)c(C(C)(C)/C=C(\C)CC(C)C)c(OC(=O)CCC(=O)Oc2c(C(C)(C)/C=C(\C)CC(C)C)c(C)c(OC(C)=O)c3ccccc23)c2ccccc12. The number of ether oxygens (including phenoxy) is 4. The summed E-state index contributed by atoms with van der Waals surface area (Å²) < 4.78 is 24.2. The second-order valence-corrected chi connectivity index (χ2v) is 17.7. The van der Waals surface area contributed by atoms with E-state index < -0.39 is 34.7 Å². The van der Waals surface area contributed by atoms with E-state index in [1.165, 1.54) is 25.0 Å². The van der Waals surface area contributed by atoms with E-state index in [0.717, 1.165) is 12.8 Å². The molecule has 0 aliphatic heterocycles. The molecule has 0 bridgehead atoms. The summed E-state index contributed by atoms with van der Waals surface area (Å²) in [5, 5.41) is 2.49. The number of fused-ring (bicyclic) bond motifs is 2. The van der Waals surface area contributed by atoms with Crippen molar-refractivity contribution in [2.45, 2.75) is 133 Å². The lowest BCUT2D eigenvalue weighted by atomic mass is 9.77. The number of allylic oxidation sites excluding steroid dienone is 4. The zero-order valence-corrected chi connectivity index (χ0v) is 37.0. The number of benzene rings is 4. The number of esters is 4. The van der Waals surface area contributed by atoms with Gasteiger partial charge in [0, 0.05) is 68.5 Å². The lowest BCUT2D eigenvalue weighted by molar-refractivity contribution is -0.140. The van der Waals surface area contributed by atoms with E-state index in [4.69, 9.17) is 18.9 Å². The van der Waals surface area contributed by atoms with Crippen molar-refractivity contribution in [3.8, 4) is 23.0 Å². The normalized spacial score (nSPS) is 12.7. The van der Waals surface area contributed by atoms with Crippen LogP contribution in [0.25, 0.3) is 21.5 Å². The molecule has 4 aromatic rings. The third kappa shape index (κ3) is 10.8. The Labute approximate surface area is 345 Å². The van der Waals surface area contributed by atoms with Crippen LogP contribution in [-0.4, -0.2) is 23.9 Å². The molecule has 0 spiro atoms. The maximum absolute atomic E-state index is 13.9. The molecule has 0 heterocycles. The van der Waals surface area contributed by atoms with Gasteiger partial charge in [-0.25, -0.2) is 0 Å². The van der Waals surface area contributed by atoms with Crippen LogP contribution in [0.4, 0.5) is 0 Å². The summed E-state index contributed by atoms with van der Waals surface area (Å²) in [6.45, 7) is 27.5. The third-order valence-corrected chi connectivity index (χ3v) is 10.1.